The molecule has 1 aromatic heterocycles. The summed E-state index contributed by atoms with van der Waals surface area (Å²) in [5, 5.41) is 0. The first kappa shape index (κ1) is 17.5. The summed E-state index contributed by atoms with van der Waals surface area (Å²) in [5.74, 6) is -0.0717. The maximum absolute atomic E-state index is 12.8. The van der Waals surface area contributed by atoms with Crippen molar-refractivity contribution >= 4 is 17.2 Å². The van der Waals surface area contributed by atoms with E-state index in [4.69, 9.17) is 0 Å². The van der Waals surface area contributed by atoms with Gasteiger partial charge in [-0.2, -0.15) is 13.2 Å². The lowest BCUT2D eigenvalue weighted by atomic mass is 10.1. The highest BCUT2D eigenvalue weighted by atomic mass is 32.1. The summed E-state index contributed by atoms with van der Waals surface area (Å²) < 4.78 is 38.4. The fourth-order valence-electron chi connectivity index (χ4n) is 2.29. The van der Waals surface area contributed by atoms with Crippen LogP contribution in [0.2, 0.25) is 0 Å². The first-order valence-corrected chi connectivity index (χ1v) is 8.25. The van der Waals surface area contributed by atoms with E-state index in [1.807, 2.05) is 13.8 Å². The Morgan fingerprint density at radius 1 is 1.17 bits per heavy atom. The first-order valence-electron chi connectivity index (χ1n) is 7.43. The second-order valence-corrected chi connectivity index (χ2v) is 6.21. The molecule has 0 radical (unpaired) electrons. The number of halogens is 3. The zero-order chi connectivity index (χ0) is 17.0. The maximum atomic E-state index is 12.8. The Bertz CT molecular complexity index is 678. The van der Waals surface area contributed by atoms with Crippen molar-refractivity contribution in [2.45, 2.75) is 26.4 Å². The summed E-state index contributed by atoms with van der Waals surface area (Å²) in [6.45, 7) is 5.20. The van der Waals surface area contributed by atoms with E-state index in [-0.39, 0.29) is 5.91 Å². The van der Waals surface area contributed by atoms with Gasteiger partial charge >= 0.3 is 6.18 Å². The minimum absolute atomic E-state index is 0.0717. The number of hydrogen-bond donors (Lipinski definition) is 0. The van der Waals surface area contributed by atoms with Crippen LogP contribution in [-0.4, -0.2) is 23.9 Å². The molecule has 0 aliphatic heterocycles. The third kappa shape index (κ3) is 4.13. The van der Waals surface area contributed by atoms with Crippen molar-refractivity contribution in [1.82, 2.24) is 4.90 Å². The smallest absolute Gasteiger partial charge is 0.338 e. The average Bonchev–Trinajstić information content (AvgIpc) is 3.01. The van der Waals surface area contributed by atoms with Gasteiger partial charge < -0.3 is 4.90 Å². The lowest BCUT2D eigenvalue weighted by Gasteiger charge is -2.18. The van der Waals surface area contributed by atoms with Crippen LogP contribution in [0, 0.1) is 0 Å². The molecule has 1 heterocycles. The Morgan fingerprint density at radius 3 is 2.52 bits per heavy atom. The lowest BCUT2D eigenvalue weighted by molar-refractivity contribution is -0.137. The molecule has 0 saturated carbocycles. The molecule has 23 heavy (non-hydrogen) atoms. The number of carbonyl (C=O) groups excluding carboxylic acids is 1. The minimum Gasteiger partial charge on any atom is -0.338 e. The maximum Gasteiger partial charge on any atom is 0.416 e. The SMILES string of the molecule is CCCN(CC)C(=O)c1ccc(-c2cccc(C(F)(F)F)c2)s1. The molecule has 2 nitrogen and oxygen atoms in total. The minimum atomic E-state index is -4.37. The van der Waals surface area contributed by atoms with E-state index in [1.165, 1.54) is 17.4 Å². The van der Waals surface area contributed by atoms with Gasteiger partial charge in [0.1, 0.15) is 0 Å². The summed E-state index contributed by atoms with van der Waals surface area (Å²) in [6, 6.07) is 8.55. The largest absolute Gasteiger partial charge is 0.416 e. The van der Waals surface area contributed by atoms with E-state index in [2.05, 4.69) is 0 Å². The molecule has 2 aromatic rings. The second-order valence-electron chi connectivity index (χ2n) is 5.13. The number of benzene rings is 1. The highest BCUT2D eigenvalue weighted by Crippen LogP contribution is 2.34. The highest BCUT2D eigenvalue weighted by molar-refractivity contribution is 7.17. The van der Waals surface area contributed by atoms with E-state index in [0.717, 1.165) is 18.6 Å². The molecule has 0 N–H and O–H groups in total. The molecule has 0 saturated heterocycles. The van der Waals surface area contributed by atoms with E-state index < -0.39 is 11.7 Å². The third-order valence-electron chi connectivity index (χ3n) is 3.45. The van der Waals surface area contributed by atoms with Gasteiger partial charge in [-0.25, -0.2) is 0 Å². The topological polar surface area (TPSA) is 20.3 Å². The number of thiophene rings is 1. The molecule has 0 bridgehead atoms. The van der Waals surface area contributed by atoms with Crippen LogP contribution in [0.3, 0.4) is 0 Å². The fraction of sp³-hybridized carbons (Fsp3) is 0.353. The van der Waals surface area contributed by atoms with Crippen molar-refractivity contribution in [3.63, 3.8) is 0 Å². The molecule has 2 rings (SSSR count). The van der Waals surface area contributed by atoms with Crippen molar-refractivity contribution in [3.05, 3.63) is 46.8 Å². The molecule has 6 heteroatoms. The Kier molecular flexibility index (Phi) is 5.46. The number of hydrogen-bond acceptors (Lipinski definition) is 2. The zero-order valence-electron chi connectivity index (χ0n) is 13.0. The van der Waals surface area contributed by atoms with E-state index in [9.17, 15) is 18.0 Å². The van der Waals surface area contributed by atoms with Crippen molar-refractivity contribution in [1.29, 1.82) is 0 Å². The molecular weight excluding hydrogens is 323 g/mol. The van der Waals surface area contributed by atoms with Crippen molar-refractivity contribution in [2.24, 2.45) is 0 Å². The molecule has 1 aromatic carbocycles. The van der Waals surface area contributed by atoms with Crippen LogP contribution in [0.5, 0.6) is 0 Å². The number of carbonyl (C=O) groups is 1. The third-order valence-corrected chi connectivity index (χ3v) is 4.58. The van der Waals surface area contributed by atoms with Gasteiger partial charge in [-0.1, -0.05) is 19.1 Å². The van der Waals surface area contributed by atoms with Gasteiger partial charge in [-0.05, 0) is 43.2 Å². The van der Waals surface area contributed by atoms with Crippen LogP contribution in [0.1, 0.15) is 35.5 Å². The van der Waals surface area contributed by atoms with E-state index in [1.54, 1.807) is 23.1 Å². The molecular formula is C17H18F3NOS. The zero-order valence-corrected chi connectivity index (χ0v) is 13.8. The number of alkyl halides is 3. The quantitative estimate of drug-likeness (QED) is 0.722. The fourth-order valence-corrected chi connectivity index (χ4v) is 3.26. The van der Waals surface area contributed by atoms with Crippen LogP contribution in [0.4, 0.5) is 13.2 Å². The Morgan fingerprint density at radius 2 is 1.91 bits per heavy atom. The monoisotopic (exact) mass is 341 g/mol. The van der Waals surface area contributed by atoms with E-state index in [0.29, 0.717) is 28.4 Å². The van der Waals surface area contributed by atoms with Crippen LogP contribution in [0.25, 0.3) is 10.4 Å². The van der Waals surface area contributed by atoms with Gasteiger partial charge in [0.2, 0.25) is 0 Å². The Labute approximate surface area is 137 Å². The van der Waals surface area contributed by atoms with Gasteiger partial charge in [0.25, 0.3) is 5.91 Å². The first-order chi connectivity index (χ1) is 10.9. The summed E-state index contributed by atoms with van der Waals surface area (Å²) in [7, 11) is 0. The highest BCUT2D eigenvalue weighted by Gasteiger charge is 2.30. The Hall–Kier alpha value is -1.82. The Balaban J connectivity index is 2.27. The molecule has 0 spiro atoms. The van der Waals surface area contributed by atoms with Gasteiger partial charge in [-0.3, -0.25) is 4.79 Å². The van der Waals surface area contributed by atoms with Crippen molar-refractivity contribution in [3.8, 4) is 10.4 Å². The van der Waals surface area contributed by atoms with Gasteiger partial charge in [0.05, 0.1) is 10.4 Å². The molecule has 0 fully saturated rings. The standard InChI is InChI=1S/C17H18F3NOS/c1-3-10-21(4-2)16(22)15-9-8-14(23-15)12-6-5-7-13(11-12)17(18,19)20/h5-9,11H,3-4,10H2,1-2H3. The summed E-state index contributed by atoms with van der Waals surface area (Å²) in [4.78, 5) is 15.3. The molecule has 0 aliphatic carbocycles. The number of nitrogens with zero attached hydrogens (tertiary/aromatic N) is 1. The number of amides is 1. The van der Waals surface area contributed by atoms with Gasteiger partial charge in [0.15, 0.2) is 0 Å². The van der Waals surface area contributed by atoms with Gasteiger partial charge in [0, 0.05) is 18.0 Å². The predicted molar refractivity (Wildman–Crippen MR) is 86.6 cm³/mol. The molecule has 1 amide bonds. The molecule has 0 aliphatic rings. The van der Waals surface area contributed by atoms with Crippen molar-refractivity contribution < 1.29 is 18.0 Å². The van der Waals surface area contributed by atoms with Gasteiger partial charge in [-0.15, -0.1) is 11.3 Å². The summed E-state index contributed by atoms with van der Waals surface area (Å²) >= 11 is 1.22. The van der Waals surface area contributed by atoms with Crippen LogP contribution in [-0.2, 0) is 6.18 Å². The molecule has 124 valence electrons. The lowest BCUT2D eigenvalue weighted by Crippen LogP contribution is -2.30. The molecule has 0 atom stereocenters. The van der Waals surface area contributed by atoms with Crippen molar-refractivity contribution in [2.75, 3.05) is 13.1 Å². The summed E-state index contributed by atoms with van der Waals surface area (Å²) in [5.41, 5.74) is -0.208. The van der Waals surface area contributed by atoms with Crippen LogP contribution in [0.15, 0.2) is 36.4 Å². The van der Waals surface area contributed by atoms with Crippen LogP contribution >= 0.6 is 11.3 Å². The normalized spacial score (nSPS) is 11.5. The number of rotatable bonds is 5. The predicted octanol–water partition coefficient (Wildman–Crippen LogP) is 5.31. The average molecular weight is 341 g/mol. The second kappa shape index (κ2) is 7.17. The van der Waals surface area contributed by atoms with E-state index >= 15 is 0 Å². The molecule has 0 unspecified atom stereocenters. The van der Waals surface area contributed by atoms with Crippen LogP contribution < -0.4 is 0 Å². The summed E-state index contributed by atoms with van der Waals surface area (Å²) in [6.07, 6.45) is -3.50.